The Morgan fingerprint density at radius 3 is 1.64 bits per heavy atom. The Balaban J connectivity index is 2.20. The molecule has 0 saturated heterocycles. The molecule has 4 N–H and O–H groups in total. The highest BCUT2D eigenvalue weighted by atomic mass is 19.4. The number of alkyl halides is 3. The molecule has 3 aromatic carbocycles. The van der Waals surface area contributed by atoms with Gasteiger partial charge in [-0.25, -0.2) is 0 Å². The maximum atomic E-state index is 13.7. The van der Waals surface area contributed by atoms with E-state index in [1.807, 2.05) is 0 Å². The maximum Gasteiger partial charge on any atom is 0.420 e. The molecule has 0 radical (unpaired) electrons. The molecule has 0 amide bonds. The normalized spacial score (nSPS) is 13.2. The van der Waals surface area contributed by atoms with Crippen LogP contribution in [0.1, 0.15) is 37.4 Å². The summed E-state index contributed by atoms with van der Waals surface area (Å²) in [5, 5.41) is 0. The number of fused-ring (bicyclic) bond motifs is 2. The van der Waals surface area contributed by atoms with E-state index >= 15 is 0 Å². The molecule has 28 heavy (non-hydrogen) atoms. The highest BCUT2D eigenvalue weighted by Crippen LogP contribution is 2.48. The number of anilines is 2. The van der Waals surface area contributed by atoms with Crippen LogP contribution in [0.15, 0.2) is 54.6 Å². The number of carbonyl (C=O) groups excluding carboxylic acids is 2. The van der Waals surface area contributed by atoms with Gasteiger partial charge in [0.15, 0.2) is 11.6 Å². The lowest BCUT2D eigenvalue weighted by atomic mass is 9.77. The quantitative estimate of drug-likeness (QED) is 0.480. The molecule has 4 rings (SSSR count). The first-order chi connectivity index (χ1) is 13.2. The Morgan fingerprint density at radius 1 is 0.643 bits per heavy atom. The van der Waals surface area contributed by atoms with E-state index in [9.17, 15) is 22.8 Å². The van der Waals surface area contributed by atoms with Crippen molar-refractivity contribution in [2.75, 3.05) is 11.5 Å². The molecular formula is C21H13F3N2O2. The van der Waals surface area contributed by atoms with E-state index in [1.54, 1.807) is 24.3 Å². The summed E-state index contributed by atoms with van der Waals surface area (Å²) in [6.45, 7) is 0. The molecule has 0 fully saturated rings. The van der Waals surface area contributed by atoms with Gasteiger partial charge < -0.3 is 11.5 Å². The van der Waals surface area contributed by atoms with Gasteiger partial charge in [-0.3, -0.25) is 9.59 Å². The minimum absolute atomic E-state index is 0.0172. The van der Waals surface area contributed by atoms with Gasteiger partial charge in [0, 0.05) is 22.3 Å². The number of halogens is 3. The van der Waals surface area contributed by atoms with Gasteiger partial charge in [-0.1, -0.05) is 54.6 Å². The summed E-state index contributed by atoms with van der Waals surface area (Å²) in [5.41, 5.74) is 8.50. The number of hydrogen-bond acceptors (Lipinski definition) is 4. The molecule has 0 saturated carbocycles. The summed E-state index contributed by atoms with van der Waals surface area (Å²) in [4.78, 5) is 26.2. The molecule has 7 heteroatoms. The van der Waals surface area contributed by atoms with Crippen LogP contribution in [-0.4, -0.2) is 11.6 Å². The minimum Gasteiger partial charge on any atom is -0.398 e. The third kappa shape index (κ3) is 2.40. The monoisotopic (exact) mass is 382 g/mol. The first-order valence-corrected chi connectivity index (χ1v) is 8.29. The Morgan fingerprint density at radius 2 is 1.11 bits per heavy atom. The van der Waals surface area contributed by atoms with E-state index in [1.165, 1.54) is 30.3 Å². The fourth-order valence-corrected chi connectivity index (χ4v) is 3.61. The topological polar surface area (TPSA) is 86.2 Å². The number of nitrogen functional groups attached to an aromatic ring is 2. The van der Waals surface area contributed by atoms with Crippen LogP contribution < -0.4 is 11.5 Å². The number of rotatable bonds is 1. The average Bonchev–Trinajstić information content (AvgIpc) is 2.65. The van der Waals surface area contributed by atoms with Crippen LogP contribution in [0.3, 0.4) is 0 Å². The Hall–Kier alpha value is -3.61. The zero-order chi connectivity index (χ0) is 20.2. The number of carbonyl (C=O) groups is 2. The predicted octanol–water partition coefficient (Wildman–Crippen LogP) is 4.31. The van der Waals surface area contributed by atoms with E-state index in [-0.39, 0.29) is 22.3 Å². The molecule has 1 aliphatic carbocycles. The lowest BCUT2D eigenvalue weighted by molar-refractivity contribution is -0.136. The van der Waals surface area contributed by atoms with Crippen LogP contribution in [0.5, 0.6) is 0 Å². The molecule has 3 aromatic rings. The largest absolute Gasteiger partial charge is 0.420 e. The zero-order valence-corrected chi connectivity index (χ0v) is 14.3. The van der Waals surface area contributed by atoms with Gasteiger partial charge in [-0.2, -0.15) is 13.2 Å². The van der Waals surface area contributed by atoms with E-state index in [2.05, 4.69) is 0 Å². The van der Waals surface area contributed by atoms with E-state index in [0.29, 0.717) is 5.56 Å². The van der Waals surface area contributed by atoms with Crippen LogP contribution in [0, 0.1) is 0 Å². The summed E-state index contributed by atoms with van der Waals surface area (Å²) < 4.78 is 41.2. The maximum absolute atomic E-state index is 13.7. The Kier molecular flexibility index (Phi) is 3.78. The predicted molar refractivity (Wildman–Crippen MR) is 99.0 cm³/mol. The molecule has 0 aliphatic heterocycles. The molecule has 0 atom stereocenters. The summed E-state index contributed by atoms with van der Waals surface area (Å²) in [5.74, 6) is -1.32. The van der Waals surface area contributed by atoms with Crippen LogP contribution in [0.4, 0.5) is 24.5 Å². The van der Waals surface area contributed by atoms with Gasteiger partial charge >= 0.3 is 6.18 Å². The van der Waals surface area contributed by atoms with Crippen molar-refractivity contribution in [1.29, 1.82) is 0 Å². The van der Waals surface area contributed by atoms with Crippen molar-refractivity contribution < 1.29 is 22.8 Å². The summed E-state index contributed by atoms with van der Waals surface area (Å²) in [6.07, 6.45) is -4.90. The van der Waals surface area contributed by atoms with Gasteiger partial charge in [-0.15, -0.1) is 0 Å². The van der Waals surface area contributed by atoms with Crippen molar-refractivity contribution in [3.05, 3.63) is 82.4 Å². The molecule has 140 valence electrons. The van der Waals surface area contributed by atoms with Gasteiger partial charge in [0.05, 0.1) is 16.9 Å². The van der Waals surface area contributed by atoms with Crippen LogP contribution in [0.2, 0.25) is 0 Å². The van der Waals surface area contributed by atoms with Crippen molar-refractivity contribution in [1.82, 2.24) is 0 Å². The molecule has 0 spiro atoms. The number of benzene rings is 3. The second-order valence-corrected chi connectivity index (χ2v) is 6.39. The summed E-state index contributed by atoms with van der Waals surface area (Å²) in [7, 11) is 0. The van der Waals surface area contributed by atoms with Crippen LogP contribution >= 0.6 is 0 Å². The Bertz CT molecular complexity index is 1150. The van der Waals surface area contributed by atoms with Crippen molar-refractivity contribution >= 4 is 22.9 Å². The smallest absolute Gasteiger partial charge is 0.398 e. The fraction of sp³-hybridized carbons (Fsp3) is 0.0476. The molecular weight excluding hydrogens is 369 g/mol. The Labute approximate surface area is 157 Å². The fourth-order valence-electron chi connectivity index (χ4n) is 3.61. The lowest BCUT2D eigenvalue weighted by Gasteiger charge is -2.26. The lowest BCUT2D eigenvalue weighted by Crippen LogP contribution is -2.27. The second kappa shape index (κ2) is 5.95. The number of ketones is 2. The molecule has 1 aliphatic rings. The highest BCUT2D eigenvalue weighted by Gasteiger charge is 2.43. The van der Waals surface area contributed by atoms with Crippen LogP contribution in [-0.2, 0) is 6.18 Å². The number of hydrogen-bond donors (Lipinski definition) is 2. The number of nitrogens with two attached hydrogens (primary N) is 2. The first-order valence-electron chi connectivity index (χ1n) is 8.29. The third-order valence-corrected chi connectivity index (χ3v) is 4.79. The van der Waals surface area contributed by atoms with E-state index < -0.39 is 40.2 Å². The highest BCUT2D eigenvalue weighted by molar-refractivity contribution is 6.33. The standard InChI is InChI=1S/C21H13F3N2O2/c22-21(23,24)16-17(25)13(10-6-2-1-3-7-10)14-15(18(16)26)20(28)12-9-5-4-8-11(12)19(14)27/h1-9H,25-26H2. The van der Waals surface area contributed by atoms with Crippen molar-refractivity contribution in [3.63, 3.8) is 0 Å². The van der Waals surface area contributed by atoms with Crippen molar-refractivity contribution in [2.45, 2.75) is 6.18 Å². The van der Waals surface area contributed by atoms with Gasteiger partial charge in [0.2, 0.25) is 0 Å². The molecule has 0 unspecified atom stereocenters. The van der Waals surface area contributed by atoms with Crippen molar-refractivity contribution in [3.8, 4) is 11.1 Å². The van der Waals surface area contributed by atoms with Gasteiger partial charge in [0.1, 0.15) is 5.56 Å². The van der Waals surface area contributed by atoms with Gasteiger partial charge in [0.25, 0.3) is 0 Å². The minimum atomic E-state index is -4.90. The average molecular weight is 382 g/mol. The van der Waals surface area contributed by atoms with Crippen molar-refractivity contribution in [2.24, 2.45) is 0 Å². The first kappa shape index (κ1) is 17.8. The van der Waals surface area contributed by atoms with Gasteiger partial charge in [-0.05, 0) is 5.56 Å². The zero-order valence-electron chi connectivity index (χ0n) is 14.3. The molecule has 0 heterocycles. The second-order valence-electron chi connectivity index (χ2n) is 6.39. The summed E-state index contributed by atoms with van der Waals surface area (Å²) >= 11 is 0. The molecule has 0 bridgehead atoms. The van der Waals surface area contributed by atoms with Crippen LogP contribution in [0.25, 0.3) is 11.1 Å². The van der Waals surface area contributed by atoms with E-state index in [4.69, 9.17) is 11.5 Å². The molecule has 4 nitrogen and oxygen atoms in total. The molecule has 0 aromatic heterocycles. The SMILES string of the molecule is Nc1c2c(c(-c3ccccc3)c(N)c1C(F)(F)F)C(=O)c1ccccc1C2=O. The van der Waals surface area contributed by atoms with E-state index in [0.717, 1.165) is 0 Å². The summed E-state index contributed by atoms with van der Waals surface area (Å²) in [6, 6.07) is 13.9. The third-order valence-electron chi connectivity index (χ3n) is 4.79.